The van der Waals surface area contributed by atoms with Crippen molar-refractivity contribution in [1.82, 2.24) is 0 Å². The molecule has 0 radical (unpaired) electrons. The van der Waals surface area contributed by atoms with Crippen LogP contribution in [-0.4, -0.2) is 6.71 Å². The molecule has 1 aliphatic rings. The first kappa shape index (κ1) is 18.5. The van der Waals surface area contributed by atoms with Crippen molar-refractivity contribution in [3.63, 3.8) is 0 Å². The van der Waals surface area contributed by atoms with Crippen molar-refractivity contribution in [2.75, 3.05) is 0 Å². The van der Waals surface area contributed by atoms with Crippen LogP contribution in [0, 0.1) is 13.8 Å². The van der Waals surface area contributed by atoms with Crippen LogP contribution in [-0.2, 0) is 0 Å². The highest BCUT2D eigenvalue weighted by Gasteiger charge is 2.35. The lowest BCUT2D eigenvalue weighted by atomic mass is 9.34. The van der Waals surface area contributed by atoms with Crippen molar-refractivity contribution >= 4 is 56.2 Å². The second-order valence-electron chi connectivity index (χ2n) is 8.38. The van der Waals surface area contributed by atoms with Gasteiger partial charge in [0.25, 0.3) is 6.71 Å². The maximum absolute atomic E-state index is 6.55. The molecule has 1 aliphatic heterocycles. The second-order valence-corrected chi connectivity index (χ2v) is 8.81. The van der Waals surface area contributed by atoms with Gasteiger partial charge in [-0.2, -0.15) is 0 Å². The number of fused-ring (bicyclic) bond motifs is 5. The van der Waals surface area contributed by atoms with Crippen molar-refractivity contribution in [2.45, 2.75) is 13.8 Å². The lowest BCUT2D eigenvalue weighted by molar-refractivity contribution is 0.493. The Balaban J connectivity index is 1.71. The number of halogens is 1. The van der Waals surface area contributed by atoms with E-state index in [-0.39, 0.29) is 6.71 Å². The Kier molecular flexibility index (Phi) is 4.13. The SMILES string of the molecule is Cc1cc(Cl)cc2c1B(c1ccc3ccccc3c1C)c1ccc3ccccc3c1O2. The van der Waals surface area contributed by atoms with E-state index in [1.165, 1.54) is 38.1 Å². The van der Waals surface area contributed by atoms with Gasteiger partial charge in [0.15, 0.2) is 0 Å². The Morgan fingerprint density at radius 3 is 2.13 bits per heavy atom. The summed E-state index contributed by atoms with van der Waals surface area (Å²) in [6, 6.07) is 30.0. The van der Waals surface area contributed by atoms with Gasteiger partial charge in [-0.15, -0.1) is 0 Å². The summed E-state index contributed by atoms with van der Waals surface area (Å²) < 4.78 is 6.55. The summed E-state index contributed by atoms with van der Waals surface area (Å²) in [5.41, 5.74) is 6.18. The third-order valence-electron chi connectivity index (χ3n) is 6.59. The van der Waals surface area contributed by atoms with E-state index in [2.05, 4.69) is 86.6 Å². The van der Waals surface area contributed by atoms with Crippen molar-refractivity contribution in [1.29, 1.82) is 0 Å². The standard InChI is InChI=1S/C28H20BClO/c1-17-15-21(30)16-26-27(17)29(24-13-11-19-7-3-5-9-22(19)18(24)2)25-14-12-20-8-4-6-10-23(20)28(25)31-26/h3-16H,1-2H3. The molecule has 0 spiro atoms. The summed E-state index contributed by atoms with van der Waals surface area (Å²) in [5.74, 6) is 1.79. The molecule has 1 heterocycles. The molecule has 0 saturated heterocycles. The summed E-state index contributed by atoms with van der Waals surface area (Å²) in [4.78, 5) is 0. The predicted molar refractivity (Wildman–Crippen MR) is 134 cm³/mol. The Morgan fingerprint density at radius 1 is 0.710 bits per heavy atom. The zero-order valence-electron chi connectivity index (χ0n) is 17.4. The monoisotopic (exact) mass is 418 g/mol. The summed E-state index contributed by atoms with van der Waals surface area (Å²) in [5, 5.41) is 5.57. The van der Waals surface area contributed by atoms with Crippen molar-refractivity contribution < 1.29 is 4.74 Å². The van der Waals surface area contributed by atoms with Gasteiger partial charge in [-0.1, -0.05) is 95.4 Å². The Bertz CT molecular complexity index is 1490. The average Bonchev–Trinajstić information content (AvgIpc) is 2.78. The van der Waals surface area contributed by atoms with Crippen LogP contribution in [0.1, 0.15) is 11.1 Å². The summed E-state index contributed by atoms with van der Waals surface area (Å²) >= 11 is 6.45. The van der Waals surface area contributed by atoms with Gasteiger partial charge in [0, 0.05) is 10.4 Å². The zero-order valence-corrected chi connectivity index (χ0v) is 18.2. The Morgan fingerprint density at radius 2 is 1.35 bits per heavy atom. The fraction of sp³-hybridized carbons (Fsp3) is 0.0714. The predicted octanol–water partition coefficient (Wildman–Crippen LogP) is 5.89. The van der Waals surface area contributed by atoms with Crippen LogP contribution in [0.2, 0.25) is 5.02 Å². The third-order valence-corrected chi connectivity index (χ3v) is 6.80. The highest BCUT2D eigenvalue weighted by Crippen LogP contribution is 2.34. The lowest BCUT2D eigenvalue weighted by Crippen LogP contribution is -2.56. The minimum absolute atomic E-state index is 0.0882. The molecule has 0 N–H and O–H groups in total. The number of hydrogen-bond acceptors (Lipinski definition) is 1. The fourth-order valence-electron chi connectivity index (χ4n) is 5.12. The van der Waals surface area contributed by atoms with Gasteiger partial charge in [0.1, 0.15) is 11.5 Å². The molecule has 0 unspecified atom stereocenters. The largest absolute Gasteiger partial charge is 0.458 e. The lowest BCUT2D eigenvalue weighted by Gasteiger charge is -2.30. The van der Waals surface area contributed by atoms with Crippen molar-refractivity contribution in [3.05, 3.63) is 101 Å². The third kappa shape index (κ3) is 2.79. The summed E-state index contributed by atoms with van der Waals surface area (Å²) in [6.07, 6.45) is 0. The summed E-state index contributed by atoms with van der Waals surface area (Å²) in [7, 11) is 0. The normalized spacial score (nSPS) is 12.5. The molecule has 5 aromatic carbocycles. The van der Waals surface area contributed by atoms with Gasteiger partial charge in [0.2, 0.25) is 0 Å². The molecular weight excluding hydrogens is 399 g/mol. The van der Waals surface area contributed by atoms with Gasteiger partial charge in [-0.3, -0.25) is 0 Å². The minimum Gasteiger partial charge on any atom is -0.458 e. The van der Waals surface area contributed by atoms with Crippen LogP contribution in [0.25, 0.3) is 21.5 Å². The van der Waals surface area contributed by atoms with Gasteiger partial charge in [0.05, 0.1) is 0 Å². The van der Waals surface area contributed by atoms with Crippen molar-refractivity contribution in [2.24, 2.45) is 0 Å². The maximum Gasteiger partial charge on any atom is 0.251 e. The van der Waals surface area contributed by atoms with Gasteiger partial charge in [-0.25, -0.2) is 0 Å². The van der Waals surface area contributed by atoms with E-state index in [0.29, 0.717) is 5.02 Å². The molecule has 6 rings (SSSR count). The molecule has 3 heteroatoms. The number of rotatable bonds is 1. The molecule has 0 amide bonds. The number of ether oxygens (including phenoxy) is 1. The van der Waals surface area contributed by atoms with Gasteiger partial charge in [-0.05, 0) is 58.6 Å². The summed E-state index contributed by atoms with van der Waals surface area (Å²) in [6.45, 7) is 4.45. The molecule has 0 bridgehead atoms. The van der Waals surface area contributed by atoms with E-state index in [1.807, 2.05) is 12.1 Å². The molecule has 0 fully saturated rings. The minimum atomic E-state index is 0.0882. The van der Waals surface area contributed by atoms with Crippen LogP contribution in [0.3, 0.4) is 0 Å². The van der Waals surface area contributed by atoms with E-state index >= 15 is 0 Å². The molecule has 148 valence electrons. The highest BCUT2D eigenvalue weighted by atomic mass is 35.5. The van der Waals surface area contributed by atoms with Gasteiger partial charge < -0.3 is 4.74 Å². The smallest absolute Gasteiger partial charge is 0.251 e. The first-order valence-electron chi connectivity index (χ1n) is 10.6. The topological polar surface area (TPSA) is 9.23 Å². The molecule has 31 heavy (non-hydrogen) atoms. The number of hydrogen-bond donors (Lipinski definition) is 0. The van der Waals surface area contributed by atoms with E-state index < -0.39 is 0 Å². The highest BCUT2D eigenvalue weighted by molar-refractivity contribution is 6.97. The van der Waals surface area contributed by atoms with Crippen LogP contribution in [0.4, 0.5) is 0 Å². The number of benzene rings is 5. The Labute approximate surface area is 187 Å². The quantitative estimate of drug-likeness (QED) is 0.303. The second kappa shape index (κ2) is 6.90. The molecule has 1 nitrogen and oxygen atoms in total. The first-order chi connectivity index (χ1) is 15.1. The van der Waals surface area contributed by atoms with E-state index in [4.69, 9.17) is 16.3 Å². The molecule has 0 aliphatic carbocycles. The van der Waals surface area contributed by atoms with Crippen LogP contribution in [0.5, 0.6) is 11.5 Å². The van der Waals surface area contributed by atoms with Crippen molar-refractivity contribution in [3.8, 4) is 11.5 Å². The van der Waals surface area contributed by atoms with E-state index in [1.54, 1.807) is 0 Å². The fourth-order valence-corrected chi connectivity index (χ4v) is 5.39. The number of aryl methyl sites for hydroxylation is 2. The average molecular weight is 419 g/mol. The molecule has 5 aromatic rings. The van der Waals surface area contributed by atoms with E-state index in [0.717, 1.165) is 22.4 Å². The van der Waals surface area contributed by atoms with Gasteiger partial charge >= 0.3 is 0 Å². The van der Waals surface area contributed by atoms with E-state index in [9.17, 15) is 0 Å². The molecule has 0 aromatic heterocycles. The van der Waals surface area contributed by atoms with Crippen LogP contribution >= 0.6 is 11.6 Å². The Hall–Kier alpha value is -3.23. The molecule has 0 atom stereocenters. The molecule has 0 saturated carbocycles. The molecular formula is C28H20BClO. The van der Waals surface area contributed by atoms with Crippen LogP contribution < -0.4 is 21.1 Å². The van der Waals surface area contributed by atoms with Crippen LogP contribution in [0.15, 0.2) is 84.9 Å². The first-order valence-corrected chi connectivity index (χ1v) is 11.0. The maximum atomic E-state index is 6.55. The zero-order chi connectivity index (χ0) is 21.1.